The topological polar surface area (TPSA) is 54.0 Å². The molecule has 1 amide bonds. The summed E-state index contributed by atoms with van der Waals surface area (Å²) in [6, 6.07) is 1.82. The van der Waals surface area contributed by atoms with E-state index in [4.69, 9.17) is 0 Å². The normalized spacial score (nSPS) is 11.1. The van der Waals surface area contributed by atoms with Crippen LogP contribution in [-0.4, -0.2) is 23.0 Å². The maximum Gasteiger partial charge on any atom is 0.255 e. The maximum atomic E-state index is 12.2. The molecule has 0 aromatic carbocycles. The van der Waals surface area contributed by atoms with Gasteiger partial charge in [-0.2, -0.15) is 0 Å². The predicted octanol–water partition coefficient (Wildman–Crippen LogP) is 2.82. The molecule has 1 aromatic rings. The van der Waals surface area contributed by atoms with Crippen molar-refractivity contribution in [3.8, 4) is 0 Å². The number of pyridine rings is 1. The lowest BCUT2D eigenvalue weighted by Crippen LogP contribution is -2.43. The van der Waals surface area contributed by atoms with Gasteiger partial charge in [0.2, 0.25) is 0 Å². The molecule has 0 radical (unpaired) electrons. The molecule has 0 atom stereocenters. The summed E-state index contributed by atoms with van der Waals surface area (Å²) in [5, 5.41) is 6.23. The number of hydrogen-bond donors (Lipinski definition) is 2. The van der Waals surface area contributed by atoms with Crippen molar-refractivity contribution >= 4 is 11.6 Å². The van der Waals surface area contributed by atoms with Crippen LogP contribution in [0.25, 0.3) is 0 Å². The molecule has 2 N–H and O–H groups in total. The maximum absolute atomic E-state index is 12.2. The van der Waals surface area contributed by atoms with Crippen molar-refractivity contribution in [2.24, 2.45) is 0 Å². The molecule has 1 heterocycles. The van der Waals surface area contributed by atoms with Gasteiger partial charge in [-0.1, -0.05) is 13.3 Å². The third-order valence-corrected chi connectivity index (χ3v) is 2.76. The minimum Gasteiger partial charge on any atom is -0.385 e. The zero-order valence-corrected chi connectivity index (χ0v) is 11.7. The molecule has 0 saturated heterocycles. The third kappa shape index (κ3) is 4.02. The second-order valence-corrected chi connectivity index (χ2v) is 5.04. The summed E-state index contributed by atoms with van der Waals surface area (Å²) in [7, 11) is 0. The Labute approximate surface area is 109 Å². The fourth-order valence-electron chi connectivity index (χ4n) is 1.98. The second kappa shape index (κ2) is 6.38. The van der Waals surface area contributed by atoms with Gasteiger partial charge in [0.15, 0.2) is 0 Å². The quantitative estimate of drug-likeness (QED) is 0.815. The Kier molecular flexibility index (Phi) is 5.13. The van der Waals surface area contributed by atoms with Gasteiger partial charge in [0, 0.05) is 24.5 Å². The van der Waals surface area contributed by atoms with Gasteiger partial charge in [-0.15, -0.1) is 0 Å². The van der Waals surface area contributed by atoms with Crippen molar-refractivity contribution in [1.82, 2.24) is 10.3 Å². The first-order valence-corrected chi connectivity index (χ1v) is 6.50. The van der Waals surface area contributed by atoms with Gasteiger partial charge in [0.25, 0.3) is 5.91 Å². The van der Waals surface area contributed by atoms with E-state index in [9.17, 15) is 4.79 Å². The first-order chi connectivity index (χ1) is 8.50. The van der Waals surface area contributed by atoms with Gasteiger partial charge in [-0.3, -0.25) is 9.78 Å². The molecule has 0 aliphatic heterocycles. The van der Waals surface area contributed by atoms with E-state index in [1.807, 2.05) is 26.8 Å². The summed E-state index contributed by atoms with van der Waals surface area (Å²) in [5.74, 6) is -0.0718. The number of nitrogens with one attached hydrogen (secondary N) is 2. The molecule has 18 heavy (non-hydrogen) atoms. The van der Waals surface area contributed by atoms with Crippen LogP contribution in [0.15, 0.2) is 18.5 Å². The predicted molar refractivity (Wildman–Crippen MR) is 74.9 cm³/mol. The Bertz CT molecular complexity index is 402. The molecule has 0 saturated carbocycles. The molecule has 0 unspecified atom stereocenters. The van der Waals surface area contributed by atoms with Gasteiger partial charge < -0.3 is 10.6 Å². The lowest BCUT2D eigenvalue weighted by Gasteiger charge is -2.26. The molecule has 0 fully saturated rings. The first kappa shape index (κ1) is 14.5. The van der Waals surface area contributed by atoms with Crippen LogP contribution in [0, 0.1) is 0 Å². The molecule has 0 aliphatic carbocycles. The molecule has 0 aliphatic rings. The SMILES string of the molecule is CCCC(C)(C)NC(=O)c1cnccc1NCC. The van der Waals surface area contributed by atoms with E-state index in [0.29, 0.717) is 5.56 Å². The van der Waals surface area contributed by atoms with Gasteiger partial charge in [-0.25, -0.2) is 0 Å². The van der Waals surface area contributed by atoms with Crippen LogP contribution >= 0.6 is 0 Å². The third-order valence-electron chi connectivity index (χ3n) is 2.76. The molecule has 100 valence electrons. The average molecular weight is 249 g/mol. The number of nitrogens with zero attached hydrogens (tertiary/aromatic N) is 1. The van der Waals surface area contributed by atoms with E-state index in [1.54, 1.807) is 12.4 Å². The van der Waals surface area contributed by atoms with Crippen molar-refractivity contribution in [3.05, 3.63) is 24.0 Å². The van der Waals surface area contributed by atoms with Crippen LogP contribution in [0.4, 0.5) is 5.69 Å². The monoisotopic (exact) mass is 249 g/mol. The number of amides is 1. The van der Waals surface area contributed by atoms with Crippen LogP contribution in [0.2, 0.25) is 0 Å². The number of carbonyl (C=O) groups excluding carboxylic acids is 1. The first-order valence-electron chi connectivity index (χ1n) is 6.50. The fourth-order valence-corrected chi connectivity index (χ4v) is 1.98. The van der Waals surface area contributed by atoms with E-state index in [0.717, 1.165) is 25.1 Å². The van der Waals surface area contributed by atoms with Crippen molar-refractivity contribution in [2.45, 2.75) is 46.1 Å². The summed E-state index contributed by atoms with van der Waals surface area (Å²) in [6.45, 7) is 8.98. The van der Waals surface area contributed by atoms with Crippen molar-refractivity contribution < 1.29 is 4.79 Å². The molecular weight excluding hydrogens is 226 g/mol. The van der Waals surface area contributed by atoms with Crippen molar-refractivity contribution in [1.29, 1.82) is 0 Å². The standard InChI is InChI=1S/C14H23N3O/c1-5-8-14(3,4)17-13(18)11-10-15-9-7-12(11)16-6-2/h7,9-10H,5-6,8H2,1-4H3,(H,15,16)(H,17,18). The Morgan fingerprint density at radius 3 is 2.72 bits per heavy atom. The van der Waals surface area contributed by atoms with Crippen molar-refractivity contribution in [2.75, 3.05) is 11.9 Å². The van der Waals surface area contributed by atoms with E-state index < -0.39 is 0 Å². The minimum atomic E-state index is -0.189. The Balaban J connectivity index is 2.84. The Morgan fingerprint density at radius 2 is 2.11 bits per heavy atom. The number of anilines is 1. The molecule has 0 spiro atoms. The molecule has 4 nitrogen and oxygen atoms in total. The van der Waals surface area contributed by atoms with Gasteiger partial charge in [-0.05, 0) is 33.3 Å². The smallest absolute Gasteiger partial charge is 0.255 e. The van der Waals surface area contributed by atoms with Crippen LogP contribution in [-0.2, 0) is 0 Å². The fraction of sp³-hybridized carbons (Fsp3) is 0.571. The number of carbonyl (C=O) groups is 1. The zero-order valence-electron chi connectivity index (χ0n) is 11.7. The van der Waals surface area contributed by atoms with Crippen LogP contribution in [0.3, 0.4) is 0 Å². The molecule has 0 bridgehead atoms. The van der Waals surface area contributed by atoms with E-state index in [2.05, 4.69) is 22.5 Å². The lowest BCUT2D eigenvalue weighted by atomic mass is 9.98. The van der Waals surface area contributed by atoms with Crippen LogP contribution < -0.4 is 10.6 Å². The highest BCUT2D eigenvalue weighted by Gasteiger charge is 2.21. The van der Waals surface area contributed by atoms with Gasteiger partial charge >= 0.3 is 0 Å². The van der Waals surface area contributed by atoms with E-state index >= 15 is 0 Å². The lowest BCUT2D eigenvalue weighted by molar-refractivity contribution is 0.0909. The summed E-state index contributed by atoms with van der Waals surface area (Å²) in [4.78, 5) is 16.3. The summed E-state index contributed by atoms with van der Waals surface area (Å²) in [6.07, 6.45) is 5.29. The highest BCUT2D eigenvalue weighted by Crippen LogP contribution is 2.16. The zero-order chi connectivity index (χ0) is 13.6. The largest absolute Gasteiger partial charge is 0.385 e. The molecule has 4 heteroatoms. The highest BCUT2D eigenvalue weighted by molar-refractivity contribution is 5.99. The molecule has 1 rings (SSSR count). The van der Waals surface area contributed by atoms with E-state index in [-0.39, 0.29) is 11.4 Å². The highest BCUT2D eigenvalue weighted by atomic mass is 16.1. The van der Waals surface area contributed by atoms with Crippen LogP contribution in [0.1, 0.15) is 50.9 Å². The number of hydrogen-bond acceptors (Lipinski definition) is 3. The summed E-state index contributed by atoms with van der Waals surface area (Å²) < 4.78 is 0. The van der Waals surface area contributed by atoms with Crippen LogP contribution in [0.5, 0.6) is 0 Å². The number of aromatic nitrogens is 1. The second-order valence-electron chi connectivity index (χ2n) is 5.04. The minimum absolute atomic E-state index is 0.0718. The Hall–Kier alpha value is -1.58. The number of rotatable bonds is 6. The average Bonchev–Trinajstić information content (AvgIpc) is 2.29. The Morgan fingerprint density at radius 1 is 1.39 bits per heavy atom. The summed E-state index contributed by atoms with van der Waals surface area (Å²) >= 11 is 0. The van der Waals surface area contributed by atoms with E-state index in [1.165, 1.54) is 0 Å². The van der Waals surface area contributed by atoms with Crippen molar-refractivity contribution in [3.63, 3.8) is 0 Å². The van der Waals surface area contributed by atoms with Gasteiger partial charge in [0.05, 0.1) is 11.3 Å². The molecular formula is C14H23N3O. The van der Waals surface area contributed by atoms with Gasteiger partial charge in [0.1, 0.15) is 0 Å². The molecule has 1 aromatic heterocycles. The summed E-state index contributed by atoms with van der Waals surface area (Å²) in [5.41, 5.74) is 1.24.